The zero-order valence-electron chi connectivity index (χ0n) is 20.5. The van der Waals surface area contributed by atoms with Crippen molar-refractivity contribution in [3.05, 3.63) is 59.2 Å². The number of anilines is 1. The van der Waals surface area contributed by atoms with Gasteiger partial charge in [-0.15, -0.1) is 0 Å². The first kappa shape index (κ1) is 24.9. The molecular weight excluding hydrogens is 461 g/mol. The Morgan fingerprint density at radius 1 is 1.28 bits per heavy atom. The van der Waals surface area contributed by atoms with Gasteiger partial charge in [-0.3, -0.25) is 9.59 Å². The van der Waals surface area contributed by atoms with Crippen LogP contribution in [-0.2, 0) is 11.3 Å². The molecule has 1 aromatic carbocycles. The van der Waals surface area contributed by atoms with Crippen molar-refractivity contribution in [1.82, 2.24) is 25.4 Å². The van der Waals surface area contributed by atoms with Gasteiger partial charge in [-0.2, -0.15) is 10.4 Å². The number of benzene rings is 1. The molecule has 1 fully saturated rings. The molecule has 2 N–H and O–H groups in total. The van der Waals surface area contributed by atoms with Gasteiger partial charge in [0.05, 0.1) is 46.4 Å². The quantitative estimate of drug-likeness (QED) is 0.581. The number of nitriles is 1. The molecule has 0 aliphatic carbocycles. The van der Waals surface area contributed by atoms with E-state index in [1.807, 2.05) is 26.0 Å². The second-order valence-electron chi connectivity index (χ2n) is 8.41. The number of carbonyl (C=O) groups is 2. The molecule has 0 bridgehead atoms. The van der Waals surface area contributed by atoms with E-state index in [4.69, 9.17) is 5.10 Å². The number of amides is 2. The Balaban J connectivity index is 0.00000148. The van der Waals surface area contributed by atoms with Crippen LogP contribution in [0.3, 0.4) is 0 Å². The van der Waals surface area contributed by atoms with Crippen LogP contribution in [0.5, 0.6) is 0 Å². The highest BCUT2D eigenvalue weighted by Gasteiger charge is 2.29. The van der Waals surface area contributed by atoms with E-state index in [2.05, 4.69) is 20.5 Å². The van der Waals surface area contributed by atoms with Crippen LogP contribution in [0.2, 0.25) is 0 Å². The molecule has 1 atom stereocenters. The van der Waals surface area contributed by atoms with Crippen LogP contribution in [0.15, 0.2) is 36.5 Å². The lowest BCUT2D eigenvalue weighted by atomic mass is 10.0. The summed E-state index contributed by atoms with van der Waals surface area (Å²) in [5.74, 6) is -0.190. The molecule has 2 aromatic heterocycles. The Hall–Kier alpha value is -4.26. The van der Waals surface area contributed by atoms with Gasteiger partial charge in [-0.25, -0.2) is 14.1 Å². The maximum atomic E-state index is 14.7. The van der Waals surface area contributed by atoms with Gasteiger partial charge in [0, 0.05) is 38.3 Å². The third kappa shape index (κ3) is 4.77. The minimum Gasteiger partial charge on any atom is -0.353 e. The second kappa shape index (κ2) is 10.6. The average molecular weight is 490 g/mol. The van der Waals surface area contributed by atoms with Crippen molar-refractivity contribution >= 4 is 17.6 Å². The van der Waals surface area contributed by atoms with Gasteiger partial charge in [0.25, 0.3) is 5.91 Å². The summed E-state index contributed by atoms with van der Waals surface area (Å²) >= 11 is 0. The number of nitrogens with zero attached hydrogens (tertiary/aromatic N) is 5. The van der Waals surface area contributed by atoms with Gasteiger partial charge >= 0.3 is 0 Å². The average Bonchev–Trinajstić information content (AvgIpc) is 3.52. The predicted molar refractivity (Wildman–Crippen MR) is 133 cm³/mol. The fourth-order valence-corrected chi connectivity index (χ4v) is 4.60. The highest BCUT2D eigenvalue weighted by molar-refractivity contribution is 6.01. The summed E-state index contributed by atoms with van der Waals surface area (Å²) in [4.78, 5) is 30.6. The molecule has 2 aliphatic rings. The molecule has 36 heavy (non-hydrogen) atoms. The monoisotopic (exact) mass is 489 g/mol. The molecule has 0 spiro atoms. The standard InChI is InChI=1S/C24H22FN7O2.C2H6/c1-14(33)28-16-5-3-8-31(13-16)21-7-9-32(30-21)20-10-18(29-19-12-27-24(34)23(19)20)22-15(11-26)4-2-6-17(22)25;1-2/h2,4,6-7,9-10,16H,3,5,8,12-13H2,1H3,(H,27,34)(H,28,33);1-2H3. The fraction of sp³-hybridized carbons (Fsp3) is 0.346. The van der Waals surface area contributed by atoms with Gasteiger partial charge in [-0.05, 0) is 31.0 Å². The SMILES string of the molecule is CC.CC(=O)NC1CCCN(c2ccn(-c3cc(-c4c(F)cccc4C#N)nc4c3C(=O)NC4)n2)C1. The second-order valence-corrected chi connectivity index (χ2v) is 8.41. The molecule has 0 radical (unpaired) electrons. The molecule has 10 heteroatoms. The van der Waals surface area contributed by atoms with E-state index >= 15 is 0 Å². The number of hydrogen-bond acceptors (Lipinski definition) is 6. The normalized spacial score (nSPS) is 16.4. The maximum absolute atomic E-state index is 14.7. The van der Waals surface area contributed by atoms with Crippen LogP contribution in [0.4, 0.5) is 10.2 Å². The number of fused-ring (bicyclic) bond motifs is 1. The Kier molecular flexibility index (Phi) is 7.29. The minimum atomic E-state index is -0.562. The highest BCUT2D eigenvalue weighted by atomic mass is 19.1. The van der Waals surface area contributed by atoms with Crippen LogP contribution >= 0.6 is 0 Å². The number of nitrogens with one attached hydrogen (secondary N) is 2. The van der Waals surface area contributed by atoms with E-state index in [0.29, 0.717) is 29.3 Å². The molecule has 2 aliphatic heterocycles. The van der Waals surface area contributed by atoms with Crippen molar-refractivity contribution in [2.45, 2.75) is 46.2 Å². The van der Waals surface area contributed by atoms with E-state index in [0.717, 1.165) is 19.4 Å². The minimum absolute atomic E-state index is 0.0458. The summed E-state index contributed by atoms with van der Waals surface area (Å²) in [5, 5.41) is 19.9. The summed E-state index contributed by atoms with van der Waals surface area (Å²) in [6.45, 7) is 7.16. The first-order valence-corrected chi connectivity index (χ1v) is 12.0. The number of hydrogen-bond donors (Lipinski definition) is 2. The third-order valence-electron chi connectivity index (χ3n) is 6.08. The Labute approximate surface area is 208 Å². The van der Waals surface area contributed by atoms with Crippen molar-refractivity contribution in [2.75, 3.05) is 18.0 Å². The van der Waals surface area contributed by atoms with Crippen molar-refractivity contribution in [3.63, 3.8) is 0 Å². The number of piperidine rings is 1. The molecule has 4 heterocycles. The molecule has 9 nitrogen and oxygen atoms in total. The van der Waals surface area contributed by atoms with Crippen molar-refractivity contribution < 1.29 is 14.0 Å². The van der Waals surface area contributed by atoms with E-state index in [1.54, 1.807) is 16.9 Å². The van der Waals surface area contributed by atoms with Crippen LogP contribution < -0.4 is 15.5 Å². The van der Waals surface area contributed by atoms with Crippen LogP contribution in [0, 0.1) is 17.1 Å². The summed E-state index contributed by atoms with van der Waals surface area (Å²) in [6, 6.07) is 9.79. The van der Waals surface area contributed by atoms with Crippen LogP contribution in [0.25, 0.3) is 16.9 Å². The number of carbonyl (C=O) groups excluding carboxylic acids is 2. The van der Waals surface area contributed by atoms with Gasteiger partial charge < -0.3 is 15.5 Å². The Bertz CT molecular complexity index is 1340. The van der Waals surface area contributed by atoms with Gasteiger partial charge in [-0.1, -0.05) is 19.9 Å². The van der Waals surface area contributed by atoms with Gasteiger partial charge in [0.1, 0.15) is 5.82 Å². The molecular formula is C26H28FN7O2. The fourth-order valence-electron chi connectivity index (χ4n) is 4.60. The van der Waals surface area contributed by atoms with Gasteiger partial charge in [0.2, 0.25) is 5.91 Å². The molecule has 3 aromatic rings. The topological polar surface area (TPSA) is 116 Å². The molecule has 2 amide bonds. The Morgan fingerprint density at radius 3 is 2.83 bits per heavy atom. The van der Waals surface area contributed by atoms with Crippen LogP contribution in [0.1, 0.15) is 55.2 Å². The first-order chi connectivity index (χ1) is 17.4. The highest BCUT2D eigenvalue weighted by Crippen LogP contribution is 2.31. The number of aromatic nitrogens is 3. The lowest BCUT2D eigenvalue weighted by Crippen LogP contribution is -2.47. The van der Waals surface area contributed by atoms with E-state index < -0.39 is 5.82 Å². The molecule has 1 saturated heterocycles. The van der Waals surface area contributed by atoms with Crippen molar-refractivity contribution in [3.8, 4) is 23.0 Å². The Morgan fingerprint density at radius 2 is 2.08 bits per heavy atom. The molecule has 186 valence electrons. The number of pyridine rings is 1. The lowest BCUT2D eigenvalue weighted by Gasteiger charge is -2.33. The van der Waals surface area contributed by atoms with Crippen molar-refractivity contribution in [2.24, 2.45) is 0 Å². The summed E-state index contributed by atoms with van der Waals surface area (Å²) < 4.78 is 16.3. The lowest BCUT2D eigenvalue weighted by molar-refractivity contribution is -0.119. The predicted octanol–water partition coefficient (Wildman–Crippen LogP) is 3.32. The summed E-state index contributed by atoms with van der Waals surface area (Å²) in [6.07, 6.45) is 3.57. The molecule has 1 unspecified atom stereocenters. The zero-order valence-corrected chi connectivity index (χ0v) is 20.5. The zero-order chi connectivity index (χ0) is 25.8. The number of rotatable bonds is 4. The van der Waals surface area contributed by atoms with E-state index in [9.17, 15) is 19.2 Å². The maximum Gasteiger partial charge on any atom is 0.255 e. The number of halogens is 1. The largest absolute Gasteiger partial charge is 0.353 e. The third-order valence-corrected chi connectivity index (χ3v) is 6.08. The van der Waals surface area contributed by atoms with Gasteiger partial charge in [0.15, 0.2) is 5.82 Å². The molecule has 5 rings (SSSR count). The summed E-state index contributed by atoms with van der Waals surface area (Å²) in [5.41, 5.74) is 1.84. The van der Waals surface area contributed by atoms with Crippen LogP contribution in [-0.4, -0.2) is 45.7 Å². The van der Waals surface area contributed by atoms with E-state index in [1.165, 1.54) is 25.1 Å². The first-order valence-electron chi connectivity index (χ1n) is 12.0. The van der Waals surface area contributed by atoms with Crippen molar-refractivity contribution in [1.29, 1.82) is 5.26 Å². The molecule has 0 saturated carbocycles. The summed E-state index contributed by atoms with van der Waals surface area (Å²) in [7, 11) is 0. The smallest absolute Gasteiger partial charge is 0.255 e. The van der Waals surface area contributed by atoms with E-state index in [-0.39, 0.29) is 41.2 Å².